The fourth-order valence-electron chi connectivity index (χ4n) is 2.30. The van der Waals surface area contributed by atoms with E-state index in [1.807, 2.05) is 0 Å². The quantitative estimate of drug-likeness (QED) is 0.840. The fourth-order valence-corrected chi connectivity index (χ4v) is 3.18. The van der Waals surface area contributed by atoms with Crippen LogP contribution in [0.5, 0.6) is 0 Å². The van der Waals surface area contributed by atoms with E-state index in [9.17, 15) is 0 Å². The maximum atomic E-state index is 5.38. The lowest BCUT2D eigenvalue weighted by molar-refractivity contribution is 0.122. The number of morpholine rings is 1. The van der Waals surface area contributed by atoms with Crippen LogP contribution in [0.3, 0.4) is 0 Å². The van der Waals surface area contributed by atoms with E-state index in [0.717, 1.165) is 37.1 Å². The molecular weight excluding hydrogens is 256 g/mol. The third-order valence-electron chi connectivity index (χ3n) is 3.44. The molecule has 100 valence electrons. The average molecular weight is 274 g/mol. The normalized spacial score (nSPS) is 15.8. The highest BCUT2D eigenvalue weighted by molar-refractivity contribution is 7.14. The van der Waals surface area contributed by atoms with Crippen LogP contribution in [0.25, 0.3) is 11.3 Å². The van der Waals surface area contributed by atoms with E-state index in [1.54, 1.807) is 11.3 Å². The van der Waals surface area contributed by atoms with Gasteiger partial charge in [-0.1, -0.05) is 17.7 Å². The Morgan fingerprint density at radius 2 is 2.00 bits per heavy atom. The van der Waals surface area contributed by atoms with Gasteiger partial charge in [-0.3, -0.25) is 0 Å². The number of anilines is 1. The first kappa shape index (κ1) is 12.6. The standard InChI is InChI=1S/C15H18N2OS/c1-11-3-4-12(2)13(9-11)14-10-19-15(16-14)17-5-7-18-8-6-17/h3-4,9-10H,5-8H2,1-2H3. The number of benzene rings is 1. The van der Waals surface area contributed by atoms with Gasteiger partial charge in [0, 0.05) is 24.0 Å². The SMILES string of the molecule is Cc1ccc(C)c(-c2csc(N3CCOCC3)n2)c1. The fraction of sp³-hybridized carbons (Fsp3) is 0.400. The lowest BCUT2D eigenvalue weighted by Crippen LogP contribution is -2.36. The molecule has 1 aliphatic rings. The molecule has 0 radical (unpaired) electrons. The van der Waals surface area contributed by atoms with Crippen molar-refractivity contribution in [3.63, 3.8) is 0 Å². The summed E-state index contributed by atoms with van der Waals surface area (Å²) >= 11 is 1.72. The molecule has 0 aliphatic carbocycles. The number of hydrogen-bond acceptors (Lipinski definition) is 4. The van der Waals surface area contributed by atoms with Crippen LogP contribution in [0.15, 0.2) is 23.6 Å². The summed E-state index contributed by atoms with van der Waals surface area (Å²) in [6.07, 6.45) is 0. The zero-order valence-corrected chi connectivity index (χ0v) is 12.2. The van der Waals surface area contributed by atoms with E-state index in [2.05, 4.69) is 42.3 Å². The first-order valence-corrected chi connectivity index (χ1v) is 7.48. The number of aryl methyl sites for hydroxylation is 2. The van der Waals surface area contributed by atoms with Crippen molar-refractivity contribution in [1.29, 1.82) is 0 Å². The molecule has 0 amide bonds. The molecule has 2 heterocycles. The largest absolute Gasteiger partial charge is 0.378 e. The molecular formula is C15H18N2OS. The van der Waals surface area contributed by atoms with Gasteiger partial charge in [-0.25, -0.2) is 4.98 Å². The molecule has 1 aliphatic heterocycles. The lowest BCUT2D eigenvalue weighted by Gasteiger charge is -2.26. The van der Waals surface area contributed by atoms with Crippen molar-refractivity contribution in [1.82, 2.24) is 4.98 Å². The average Bonchev–Trinajstić information content (AvgIpc) is 2.92. The first-order valence-electron chi connectivity index (χ1n) is 6.60. The van der Waals surface area contributed by atoms with Crippen LogP contribution in [0.2, 0.25) is 0 Å². The summed E-state index contributed by atoms with van der Waals surface area (Å²) in [6, 6.07) is 6.53. The Kier molecular flexibility index (Phi) is 3.53. The van der Waals surface area contributed by atoms with Gasteiger partial charge in [0.2, 0.25) is 0 Å². The van der Waals surface area contributed by atoms with Crippen molar-refractivity contribution < 1.29 is 4.74 Å². The highest BCUT2D eigenvalue weighted by Crippen LogP contribution is 2.30. The van der Waals surface area contributed by atoms with Gasteiger partial charge >= 0.3 is 0 Å². The van der Waals surface area contributed by atoms with Crippen LogP contribution >= 0.6 is 11.3 Å². The van der Waals surface area contributed by atoms with Crippen molar-refractivity contribution >= 4 is 16.5 Å². The summed E-state index contributed by atoms with van der Waals surface area (Å²) in [4.78, 5) is 7.10. The van der Waals surface area contributed by atoms with Gasteiger partial charge in [0.15, 0.2) is 5.13 Å². The highest BCUT2D eigenvalue weighted by atomic mass is 32.1. The summed E-state index contributed by atoms with van der Waals surface area (Å²) < 4.78 is 5.38. The topological polar surface area (TPSA) is 25.4 Å². The highest BCUT2D eigenvalue weighted by Gasteiger charge is 2.15. The number of aromatic nitrogens is 1. The van der Waals surface area contributed by atoms with Crippen LogP contribution in [-0.2, 0) is 4.74 Å². The van der Waals surface area contributed by atoms with Crippen LogP contribution < -0.4 is 4.90 Å². The minimum Gasteiger partial charge on any atom is -0.378 e. The number of hydrogen-bond donors (Lipinski definition) is 0. The lowest BCUT2D eigenvalue weighted by atomic mass is 10.0. The van der Waals surface area contributed by atoms with Crippen LogP contribution in [-0.4, -0.2) is 31.3 Å². The van der Waals surface area contributed by atoms with Gasteiger partial charge < -0.3 is 9.64 Å². The summed E-state index contributed by atoms with van der Waals surface area (Å²) in [7, 11) is 0. The van der Waals surface area contributed by atoms with E-state index >= 15 is 0 Å². The van der Waals surface area contributed by atoms with Crippen LogP contribution in [0, 0.1) is 13.8 Å². The minimum absolute atomic E-state index is 0.804. The van der Waals surface area contributed by atoms with E-state index < -0.39 is 0 Å². The Morgan fingerprint density at radius 1 is 1.21 bits per heavy atom. The van der Waals surface area contributed by atoms with E-state index in [4.69, 9.17) is 9.72 Å². The predicted molar refractivity (Wildman–Crippen MR) is 80.1 cm³/mol. The minimum atomic E-state index is 0.804. The summed E-state index contributed by atoms with van der Waals surface area (Å²) in [5.41, 5.74) is 4.90. The number of rotatable bonds is 2. The maximum Gasteiger partial charge on any atom is 0.186 e. The van der Waals surface area contributed by atoms with Crippen LogP contribution in [0.1, 0.15) is 11.1 Å². The molecule has 19 heavy (non-hydrogen) atoms. The monoisotopic (exact) mass is 274 g/mol. The molecule has 0 unspecified atom stereocenters. The molecule has 3 nitrogen and oxygen atoms in total. The zero-order chi connectivity index (χ0) is 13.2. The van der Waals surface area contributed by atoms with Gasteiger partial charge in [0.05, 0.1) is 18.9 Å². The maximum absolute atomic E-state index is 5.38. The molecule has 0 N–H and O–H groups in total. The molecule has 0 atom stereocenters. The van der Waals surface area contributed by atoms with Gasteiger partial charge in [-0.05, 0) is 25.5 Å². The van der Waals surface area contributed by atoms with E-state index in [-0.39, 0.29) is 0 Å². The molecule has 1 aromatic carbocycles. The van der Waals surface area contributed by atoms with Crippen molar-refractivity contribution in [3.8, 4) is 11.3 Å². The molecule has 0 saturated carbocycles. The van der Waals surface area contributed by atoms with Crippen molar-refractivity contribution in [3.05, 3.63) is 34.7 Å². The summed E-state index contributed by atoms with van der Waals surface area (Å²) in [5.74, 6) is 0. The van der Waals surface area contributed by atoms with Gasteiger partial charge in [-0.15, -0.1) is 11.3 Å². The third-order valence-corrected chi connectivity index (χ3v) is 4.34. The summed E-state index contributed by atoms with van der Waals surface area (Å²) in [6.45, 7) is 7.76. The number of ether oxygens (including phenoxy) is 1. The van der Waals surface area contributed by atoms with Crippen molar-refractivity contribution in [2.75, 3.05) is 31.2 Å². The van der Waals surface area contributed by atoms with Crippen molar-refractivity contribution in [2.24, 2.45) is 0 Å². The first-order chi connectivity index (χ1) is 9.24. The Balaban J connectivity index is 1.89. The second-order valence-electron chi connectivity index (χ2n) is 4.93. The molecule has 3 rings (SSSR count). The predicted octanol–water partition coefficient (Wildman–Crippen LogP) is 3.26. The Morgan fingerprint density at radius 3 is 2.79 bits per heavy atom. The smallest absolute Gasteiger partial charge is 0.186 e. The van der Waals surface area contributed by atoms with E-state index in [1.165, 1.54) is 16.7 Å². The Bertz CT molecular complexity index is 573. The molecule has 0 spiro atoms. The Labute approximate surface area is 117 Å². The van der Waals surface area contributed by atoms with Crippen LogP contribution in [0.4, 0.5) is 5.13 Å². The molecule has 4 heteroatoms. The van der Waals surface area contributed by atoms with Gasteiger partial charge in [0.1, 0.15) is 0 Å². The molecule has 0 bridgehead atoms. The Hall–Kier alpha value is -1.39. The molecule has 2 aromatic rings. The second-order valence-corrected chi connectivity index (χ2v) is 5.77. The second kappa shape index (κ2) is 5.31. The molecule has 1 saturated heterocycles. The number of nitrogens with zero attached hydrogens (tertiary/aromatic N) is 2. The zero-order valence-electron chi connectivity index (χ0n) is 11.3. The molecule has 1 aromatic heterocycles. The third kappa shape index (κ3) is 2.65. The van der Waals surface area contributed by atoms with Gasteiger partial charge in [-0.2, -0.15) is 0 Å². The van der Waals surface area contributed by atoms with Crippen molar-refractivity contribution in [2.45, 2.75) is 13.8 Å². The summed E-state index contributed by atoms with van der Waals surface area (Å²) in [5, 5.41) is 3.27. The number of thiazole rings is 1. The molecule has 1 fully saturated rings. The van der Waals surface area contributed by atoms with Gasteiger partial charge in [0.25, 0.3) is 0 Å². The van der Waals surface area contributed by atoms with E-state index in [0.29, 0.717) is 0 Å².